The van der Waals surface area contributed by atoms with Crippen molar-refractivity contribution in [3.63, 3.8) is 0 Å². The molecule has 0 atom stereocenters. The minimum Gasteiger partial charge on any atom is -0.0824 e. The first-order valence-corrected chi connectivity index (χ1v) is 4.62. The van der Waals surface area contributed by atoms with E-state index in [1.165, 1.54) is 0 Å². The van der Waals surface area contributed by atoms with E-state index in [4.69, 9.17) is 46.4 Å². The van der Waals surface area contributed by atoms with Gasteiger partial charge in [0.15, 0.2) is 0 Å². The molecule has 0 saturated carbocycles. The third-order valence-corrected chi connectivity index (χ3v) is 3.55. The molecule has 0 nitrogen and oxygen atoms in total. The molecule has 0 N–H and O–H groups in total. The van der Waals surface area contributed by atoms with Crippen LogP contribution in [-0.4, -0.2) is 0 Å². The summed E-state index contributed by atoms with van der Waals surface area (Å²) in [6.45, 7) is 5.40. The van der Waals surface area contributed by atoms with Crippen molar-refractivity contribution in [2.24, 2.45) is 0 Å². The Labute approximate surface area is 91.4 Å². The van der Waals surface area contributed by atoms with Gasteiger partial charge in [-0.1, -0.05) is 46.4 Å². The predicted molar refractivity (Wildman–Crippen MR) is 55.7 cm³/mol. The van der Waals surface area contributed by atoms with Gasteiger partial charge < -0.3 is 0 Å². The fraction of sp³-hybridized carbons (Fsp3) is 0.125. The minimum atomic E-state index is 0.364. The highest BCUT2D eigenvalue weighted by Crippen LogP contribution is 2.39. The molecular formula is C8H5Cl4. The van der Waals surface area contributed by atoms with Crippen LogP contribution in [0.4, 0.5) is 0 Å². The van der Waals surface area contributed by atoms with Gasteiger partial charge in [0.1, 0.15) is 0 Å². The number of hydrogen-bond donors (Lipinski definition) is 0. The second-order valence-electron chi connectivity index (χ2n) is 2.36. The van der Waals surface area contributed by atoms with E-state index in [1.807, 2.05) is 0 Å². The maximum absolute atomic E-state index is 5.85. The van der Waals surface area contributed by atoms with Crippen molar-refractivity contribution in [3.05, 3.63) is 38.1 Å². The van der Waals surface area contributed by atoms with Gasteiger partial charge in [0, 0.05) is 0 Å². The zero-order valence-corrected chi connectivity index (χ0v) is 9.24. The topological polar surface area (TPSA) is 0 Å². The Morgan fingerprint density at radius 2 is 1.17 bits per heavy atom. The summed E-state index contributed by atoms with van der Waals surface area (Å²) >= 11 is 23.3. The van der Waals surface area contributed by atoms with Crippen LogP contribution >= 0.6 is 46.4 Å². The molecule has 1 rings (SSSR count). The van der Waals surface area contributed by atoms with Crippen molar-refractivity contribution >= 4 is 46.4 Å². The monoisotopic (exact) mass is 241 g/mol. The Hall–Kier alpha value is 0.380. The lowest BCUT2D eigenvalue weighted by molar-refractivity contribution is 1.45. The van der Waals surface area contributed by atoms with Crippen LogP contribution in [-0.2, 0) is 0 Å². The molecule has 65 valence electrons. The predicted octanol–water partition coefficient (Wildman–Crippen LogP) is 4.79. The molecule has 1 aromatic rings. The summed E-state index contributed by atoms with van der Waals surface area (Å²) in [5.41, 5.74) is 1.15. The summed E-state index contributed by atoms with van der Waals surface area (Å²) in [5.74, 6) is 0. The Morgan fingerprint density at radius 1 is 0.833 bits per heavy atom. The molecule has 0 bridgehead atoms. The second-order valence-corrected chi connectivity index (χ2v) is 3.87. The highest BCUT2D eigenvalue weighted by atomic mass is 35.5. The van der Waals surface area contributed by atoms with Gasteiger partial charge in [0.2, 0.25) is 0 Å². The van der Waals surface area contributed by atoms with Crippen molar-refractivity contribution in [1.82, 2.24) is 0 Å². The Kier molecular flexibility index (Phi) is 3.16. The molecule has 0 aromatic heterocycles. The van der Waals surface area contributed by atoms with Crippen LogP contribution < -0.4 is 0 Å². The van der Waals surface area contributed by atoms with Crippen molar-refractivity contribution in [2.45, 2.75) is 6.92 Å². The van der Waals surface area contributed by atoms with E-state index in [-0.39, 0.29) is 0 Å². The zero-order chi connectivity index (χ0) is 9.46. The lowest BCUT2D eigenvalue weighted by atomic mass is 10.2. The van der Waals surface area contributed by atoms with E-state index >= 15 is 0 Å². The van der Waals surface area contributed by atoms with Gasteiger partial charge in [-0.15, -0.1) is 0 Å². The minimum absolute atomic E-state index is 0.364. The second kappa shape index (κ2) is 3.63. The van der Waals surface area contributed by atoms with Crippen LogP contribution in [0.15, 0.2) is 0 Å². The molecule has 0 heterocycles. The fourth-order valence-electron chi connectivity index (χ4n) is 0.787. The third kappa shape index (κ3) is 1.54. The van der Waals surface area contributed by atoms with Crippen LogP contribution in [0, 0.1) is 13.8 Å². The van der Waals surface area contributed by atoms with Crippen LogP contribution in [0.1, 0.15) is 11.1 Å². The standard InChI is InChI=1S/C8H5Cl4/c1-3-5(9)7(11)4(2)8(12)6(3)10/h1H2,2H3. The lowest BCUT2D eigenvalue weighted by Gasteiger charge is -2.09. The molecule has 12 heavy (non-hydrogen) atoms. The molecule has 0 spiro atoms. The summed E-state index contributed by atoms with van der Waals surface area (Å²) in [7, 11) is 0. The van der Waals surface area contributed by atoms with Crippen molar-refractivity contribution in [1.29, 1.82) is 0 Å². The number of benzene rings is 1. The quantitative estimate of drug-likeness (QED) is 0.574. The molecule has 0 saturated heterocycles. The molecule has 4 heteroatoms. The third-order valence-electron chi connectivity index (χ3n) is 1.57. The van der Waals surface area contributed by atoms with Crippen LogP contribution in [0.5, 0.6) is 0 Å². The summed E-state index contributed by atoms with van der Waals surface area (Å²) in [6.07, 6.45) is 0. The average Bonchev–Trinajstić information content (AvgIpc) is 2.08. The highest BCUT2D eigenvalue weighted by molar-refractivity contribution is 6.48. The van der Waals surface area contributed by atoms with Gasteiger partial charge in [-0.05, 0) is 25.0 Å². The van der Waals surface area contributed by atoms with Gasteiger partial charge in [-0.3, -0.25) is 0 Å². The smallest absolute Gasteiger partial charge is 0.0643 e. The largest absolute Gasteiger partial charge is 0.0824 e. The molecule has 0 aliphatic carbocycles. The first kappa shape index (κ1) is 10.5. The van der Waals surface area contributed by atoms with Gasteiger partial charge in [0.05, 0.1) is 20.1 Å². The lowest BCUT2D eigenvalue weighted by Crippen LogP contribution is -1.86. The molecule has 0 aliphatic rings. The summed E-state index contributed by atoms with van der Waals surface area (Å²) < 4.78 is 0. The van der Waals surface area contributed by atoms with Crippen molar-refractivity contribution < 1.29 is 0 Å². The van der Waals surface area contributed by atoms with Crippen LogP contribution in [0.3, 0.4) is 0 Å². The average molecular weight is 243 g/mol. The Bertz CT molecular complexity index is 225. The van der Waals surface area contributed by atoms with Crippen molar-refractivity contribution in [2.75, 3.05) is 0 Å². The van der Waals surface area contributed by atoms with E-state index in [0.717, 1.165) is 0 Å². The molecule has 1 aromatic carbocycles. The van der Waals surface area contributed by atoms with Crippen LogP contribution in [0.25, 0.3) is 0 Å². The normalized spacial score (nSPS) is 10.5. The van der Waals surface area contributed by atoms with Crippen molar-refractivity contribution in [3.8, 4) is 0 Å². The van der Waals surface area contributed by atoms with E-state index in [1.54, 1.807) is 6.92 Å². The number of halogens is 4. The highest BCUT2D eigenvalue weighted by Gasteiger charge is 2.14. The number of rotatable bonds is 0. The molecule has 0 aliphatic heterocycles. The first-order chi connectivity index (χ1) is 5.46. The van der Waals surface area contributed by atoms with Gasteiger partial charge in [0.25, 0.3) is 0 Å². The van der Waals surface area contributed by atoms with E-state index in [0.29, 0.717) is 31.2 Å². The first-order valence-electron chi connectivity index (χ1n) is 3.11. The van der Waals surface area contributed by atoms with Crippen LogP contribution in [0.2, 0.25) is 20.1 Å². The molecule has 0 unspecified atom stereocenters. The van der Waals surface area contributed by atoms with E-state index < -0.39 is 0 Å². The SMILES string of the molecule is [CH2]c1c(Cl)c(Cl)c(C)c(Cl)c1Cl. The van der Waals surface area contributed by atoms with E-state index in [2.05, 4.69) is 6.92 Å². The summed E-state index contributed by atoms with van der Waals surface area (Å²) in [5, 5.41) is 1.55. The zero-order valence-electron chi connectivity index (χ0n) is 6.22. The molecule has 1 radical (unpaired) electrons. The maximum Gasteiger partial charge on any atom is 0.0643 e. The molecule has 0 fully saturated rings. The Morgan fingerprint density at radius 3 is 1.50 bits per heavy atom. The van der Waals surface area contributed by atoms with Gasteiger partial charge in [-0.25, -0.2) is 0 Å². The Balaban J connectivity index is 3.60. The van der Waals surface area contributed by atoms with E-state index in [9.17, 15) is 0 Å². The summed E-state index contributed by atoms with van der Waals surface area (Å²) in [6, 6.07) is 0. The van der Waals surface area contributed by atoms with Gasteiger partial charge >= 0.3 is 0 Å². The molecule has 0 amide bonds. The fourth-order valence-corrected chi connectivity index (χ4v) is 1.77. The maximum atomic E-state index is 5.85. The van der Waals surface area contributed by atoms with Gasteiger partial charge in [-0.2, -0.15) is 0 Å². The number of hydrogen-bond acceptors (Lipinski definition) is 0. The summed E-state index contributed by atoms with van der Waals surface area (Å²) in [4.78, 5) is 0. The molecular weight excluding hydrogens is 238 g/mol.